The Morgan fingerprint density at radius 3 is 3.06 bits per heavy atom. The van der Waals surface area contributed by atoms with Crippen LogP contribution in [-0.4, -0.2) is 74.2 Å². The number of ether oxygens (including phenoxy) is 1. The monoisotopic (exact) mass is 241 g/mol. The van der Waals surface area contributed by atoms with E-state index in [1.165, 1.54) is 0 Å². The van der Waals surface area contributed by atoms with Crippen molar-refractivity contribution in [2.45, 2.75) is 19.4 Å². The summed E-state index contributed by atoms with van der Waals surface area (Å²) in [7, 11) is 0. The maximum absolute atomic E-state index is 12.1. The lowest BCUT2D eigenvalue weighted by molar-refractivity contribution is -0.139. The molecule has 2 rings (SSSR count). The minimum Gasteiger partial charge on any atom is -0.375 e. The highest BCUT2D eigenvalue weighted by Crippen LogP contribution is 2.06. The van der Waals surface area contributed by atoms with Gasteiger partial charge in [0.15, 0.2) is 0 Å². The Labute approximate surface area is 103 Å². The molecule has 98 valence electrons. The van der Waals surface area contributed by atoms with Crippen LogP contribution in [0, 0.1) is 0 Å². The molecule has 0 aromatic carbocycles. The molecule has 1 unspecified atom stereocenters. The highest BCUT2D eigenvalue weighted by Gasteiger charge is 2.23. The first-order chi connectivity index (χ1) is 8.25. The molecule has 0 aromatic heterocycles. The zero-order chi connectivity index (χ0) is 12.1. The first kappa shape index (κ1) is 12.8. The smallest absolute Gasteiger partial charge is 0.236 e. The summed E-state index contributed by atoms with van der Waals surface area (Å²) in [5.41, 5.74) is 0. The number of morpholine rings is 1. The lowest BCUT2D eigenvalue weighted by Crippen LogP contribution is -2.48. The Hall–Kier alpha value is -0.650. The molecular weight excluding hydrogens is 218 g/mol. The largest absolute Gasteiger partial charge is 0.375 e. The van der Waals surface area contributed by atoms with Crippen molar-refractivity contribution in [3.05, 3.63) is 0 Å². The van der Waals surface area contributed by atoms with Crippen LogP contribution >= 0.6 is 0 Å². The second kappa shape index (κ2) is 6.33. The topological polar surface area (TPSA) is 44.8 Å². The normalized spacial score (nSPS) is 27.8. The molecule has 0 radical (unpaired) electrons. The minimum absolute atomic E-state index is 0.179. The van der Waals surface area contributed by atoms with E-state index in [0.717, 1.165) is 45.7 Å². The van der Waals surface area contributed by atoms with Gasteiger partial charge in [0.2, 0.25) is 5.91 Å². The van der Waals surface area contributed by atoms with E-state index in [4.69, 9.17) is 4.74 Å². The number of rotatable bonds is 2. The van der Waals surface area contributed by atoms with Gasteiger partial charge in [-0.05, 0) is 26.4 Å². The molecular formula is C12H23N3O2. The molecule has 2 fully saturated rings. The van der Waals surface area contributed by atoms with Crippen LogP contribution in [-0.2, 0) is 9.53 Å². The quantitative estimate of drug-likeness (QED) is 0.710. The molecule has 17 heavy (non-hydrogen) atoms. The number of amides is 1. The Kier molecular flexibility index (Phi) is 4.76. The standard InChI is InChI=1S/C12H23N3O2/c1-11-9-15(7-8-17-11)12(16)10-14-5-2-3-13-4-6-14/h11,13H,2-10H2,1H3. The fourth-order valence-corrected chi connectivity index (χ4v) is 2.40. The van der Waals surface area contributed by atoms with Crippen LogP contribution in [0.15, 0.2) is 0 Å². The molecule has 0 bridgehead atoms. The third kappa shape index (κ3) is 3.94. The Morgan fingerprint density at radius 1 is 1.35 bits per heavy atom. The summed E-state index contributed by atoms with van der Waals surface area (Å²) < 4.78 is 5.45. The summed E-state index contributed by atoms with van der Waals surface area (Å²) in [4.78, 5) is 16.3. The van der Waals surface area contributed by atoms with Crippen molar-refractivity contribution in [3.8, 4) is 0 Å². The Morgan fingerprint density at radius 2 is 2.24 bits per heavy atom. The molecule has 0 aliphatic carbocycles. The summed E-state index contributed by atoms with van der Waals surface area (Å²) >= 11 is 0. The number of nitrogens with one attached hydrogen (secondary N) is 1. The van der Waals surface area contributed by atoms with Crippen LogP contribution in [0.1, 0.15) is 13.3 Å². The van der Waals surface area contributed by atoms with E-state index < -0.39 is 0 Å². The van der Waals surface area contributed by atoms with Gasteiger partial charge in [-0.3, -0.25) is 9.69 Å². The summed E-state index contributed by atoms with van der Waals surface area (Å²) in [5, 5.41) is 3.35. The van der Waals surface area contributed by atoms with Gasteiger partial charge in [0.05, 0.1) is 19.3 Å². The number of carbonyl (C=O) groups is 1. The maximum Gasteiger partial charge on any atom is 0.236 e. The van der Waals surface area contributed by atoms with E-state index in [9.17, 15) is 4.79 Å². The second-order valence-electron chi connectivity index (χ2n) is 4.90. The van der Waals surface area contributed by atoms with Crippen LogP contribution in [0.3, 0.4) is 0 Å². The lowest BCUT2D eigenvalue weighted by atomic mass is 10.3. The molecule has 2 saturated heterocycles. The summed E-state index contributed by atoms with van der Waals surface area (Å²) in [6.45, 7) is 8.81. The molecule has 0 aromatic rings. The van der Waals surface area contributed by atoms with Crippen molar-refractivity contribution in [1.29, 1.82) is 0 Å². The van der Waals surface area contributed by atoms with Crippen LogP contribution in [0.25, 0.3) is 0 Å². The van der Waals surface area contributed by atoms with Crippen LogP contribution in [0.2, 0.25) is 0 Å². The van der Waals surface area contributed by atoms with E-state index in [1.54, 1.807) is 0 Å². The summed E-state index contributed by atoms with van der Waals surface area (Å²) in [5.74, 6) is 0.252. The average Bonchev–Trinajstić information content (AvgIpc) is 2.57. The van der Waals surface area contributed by atoms with E-state index in [1.807, 2.05) is 11.8 Å². The number of carbonyl (C=O) groups excluding carboxylic acids is 1. The fourth-order valence-electron chi connectivity index (χ4n) is 2.40. The number of hydrogen-bond acceptors (Lipinski definition) is 4. The third-order valence-electron chi connectivity index (χ3n) is 3.39. The predicted molar refractivity (Wildman–Crippen MR) is 65.9 cm³/mol. The molecule has 2 heterocycles. The number of hydrogen-bond donors (Lipinski definition) is 1. The molecule has 1 atom stereocenters. The van der Waals surface area contributed by atoms with E-state index >= 15 is 0 Å². The first-order valence-electron chi connectivity index (χ1n) is 6.58. The van der Waals surface area contributed by atoms with Gasteiger partial charge in [-0.25, -0.2) is 0 Å². The van der Waals surface area contributed by atoms with Crippen molar-refractivity contribution < 1.29 is 9.53 Å². The van der Waals surface area contributed by atoms with Crippen molar-refractivity contribution in [2.24, 2.45) is 0 Å². The summed E-state index contributed by atoms with van der Waals surface area (Å²) in [6, 6.07) is 0. The van der Waals surface area contributed by atoms with Gasteiger partial charge < -0.3 is 15.0 Å². The molecule has 5 heteroatoms. The van der Waals surface area contributed by atoms with Crippen molar-refractivity contribution in [3.63, 3.8) is 0 Å². The van der Waals surface area contributed by atoms with Crippen molar-refractivity contribution in [2.75, 3.05) is 52.4 Å². The Bertz CT molecular complexity index is 252. The highest BCUT2D eigenvalue weighted by atomic mass is 16.5. The first-order valence-corrected chi connectivity index (χ1v) is 6.58. The van der Waals surface area contributed by atoms with Gasteiger partial charge in [-0.15, -0.1) is 0 Å². The van der Waals surface area contributed by atoms with Crippen LogP contribution in [0.5, 0.6) is 0 Å². The van der Waals surface area contributed by atoms with Crippen molar-refractivity contribution >= 4 is 5.91 Å². The molecule has 1 N–H and O–H groups in total. The van der Waals surface area contributed by atoms with E-state index in [2.05, 4.69) is 10.2 Å². The van der Waals surface area contributed by atoms with Crippen LogP contribution in [0.4, 0.5) is 0 Å². The van der Waals surface area contributed by atoms with Gasteiger partial charge in [-0.1, -0.05) is 0 Å². The molecule has 5 nitrogen and oxygen atoms in total. The average molecular weight is 241 g/mol. The molecule has 0 saturated carbocycles. The fraction of sp³-hybridized carbons (Fsp3) is 0.917. The molecule has 2 aliphatic heterocycles. The molecule has 1 amide bonds. The molecule has 2 aliphatic rings. The molecule has 0 spiro atoms. The number of nitrogens with zero attached hydrogens (tertiary/aromatic N) is 2. The SMILES string of the molecule is CC1CN(C(=O)CN2CCCNCC2)CCO1. The zero-order valence-electron chi connectivity index (χ0n) is 10.7. The second-order valence-corrected chi connectivity index (χ2v) is 4.90. The van der Waals surface area contributed by atoms with E-state index in [0.29, 0.717) is 13.2 Å². The lowest BCUT2D eigenvalue weighted by Gasteiger charge is -2.32. The van der Waals surface area contributed by atoms with Gasteiger partial charge >= 0.3 is 0 Å². The van der Waals surface area contributed by atoms with Gasteiger partial charge in [0.25, 0.3) is 0 Å². The zero-order valence-corrected chi connectivity index (χ0v) is 10.7. The van der Waals surface area contributed by atoms with Gasteiger partial charge in [0.1, 0.15) is 0 Å². The van der Waals surface area contributed by atoms with E-state index in [-0.39, 0.29) is 12.0 Å². The van der Waals surface area contributed by atoms with Crippen LogP contribution < -0.4 is 5.32 Å². The predicted octanol–water partition coefficient (Wildman–Crippen LogP) is -0.471. The third-order valence-corrected chi connectivity index (χ3v) is 3.39. The highest BCUT2D eigenvalue weighted by molar-refractivity contribution is 5.78. The maximum atomic E-state index is 12.1. The van der Waals surface area contributed by atoms with Gasteiger partial charge in [0, 0.05) is 26.2 Å². The summed E-state index contributed by atoms with van der Waals surface area (Å²) in [6.07, 6.45) is 1.31. The minimum atomic E-state index is 0.179. The van der Waals surface area contributed by atoms with Gasteiger partial charge in [-0.2, -0.15) is 0 Å². The Balaban J connectivity index is 1.78. The van der Waals surface area contributed by atoms with Crippen molar-refractivity contribution in [1.82, 2.24) is 15.1 Å².